The lowest BCUT2D eigenvalue weighted by atomic mass is 10.0. The largest absolute Gasteiger partial charge is 0.481 e. The smallest absolute Gasteiger partial charge is 0.182 e. The van der Waals surface area contributed by atoms with Gasteiger partial charge in [0, 0.05) is 53.7 Å². The van der Waals surface area contributed by atoms with Crippen LogP contribution in [0.1, 0.15) is 34.4 Å². The number of fused-ring (bicyclic) bond motifs is 3. The molecule has 2 aliphatic rings. The number of benzene rings is 1. The number of aromatic nitrogens is 3. The van der Waals surface area contributed by atoms with Crippen LogP contribution in [-0.4, -0.2) is 21.7 Å². The zero-order chi connectivity index (χ0) is 19.5. The molecule has 0 radical (unpaired) electrons. The Hall–Kier alpha value is -2.90. The molecule has 1 atom stereocenters. The highest BCUT2D eigenvalue weighted by molar-refractivity contribution is 6.31. The molecule has 2 aliphatic heterocycles. The third-order valence-corrected chi connectivity index (χ3v) is 5.74. The highest BCUT2D eigenvalue weighted by Gasteiger charge is 2.34. The van der Waals surface area contributed by atoms with E-state index >= 15 is 0 Å². The minimum absolute atomic E-state index is 0.242. The van der Waals surface area contributed by atoms with Gasteiger partial charge in [0.15, 0.2) is 17.4 Å². The van der Waals surface area contributed by atoms with E-state index in [0.29, 0.717) is 22.7 Å². The zero-order valence-corrected chi connectivity index (χ0v) is 16.4. The molecule has 1 aromatic carbocycles. The van der Waals surface area contributed by atoms with Gasteiger partial charge in [0.2, 0.25) is 0 Å². The topological polar surface area (TPSA) is 86.2 Å². The van der Waals surface area contributed by atoms with Crippen LogP contribution in [-0.2, 0) is 19.4 Å². The maximum Gasteiger partial charge on any atom is 0.182 e. The summed E-state index contributed by atoms with van der Waals surface area (Å²) in [5.74, 6) is 2.31. The van der Waals surface area contributed by atoms with Crippen molar-refractivity contribution in [1.82, 2.24) is 20.4 Å². The van der Waals surface area contributed by atoms with E-state index in [-0.39, 0.29) is 6.10 Å². The number of hydrogen-bond acceptors (Lipinski definition) is 7. The van der Waals surface area contributed by atoms with Gasteiger partial charge in [-0.3, -0.25) is 0 Å². The van der Waals surface area contributed by atoms with Crippen molar-refractivity contribution in [1.29, 1.82) is 0 Å². The Kier molecular flexibility index (Phi) is 3.69. The van der Waals surface area contributed by atoms with Crippen LogP contribution < -0.4 is 10.1 Å². The average Bonchev–Trinajstić information content (AvgIpc) is 3.41. The lowest BCUT2D eigenvalue weighted by Gasteiger charge is -2.14. The molecular formula is C21H17ClN4O3. The highest BCUT2D eigenvalue weighted by Crippen LogP contribution is 2.46. The number of halogens is 1. The summed E-state index contributed by atoms with van der Waals surface area (Å²) in [7, 11) is 0. The van der Waals surface area contributed by atoms with E-state index in [1.807, 2.05) is 25.1 Å². The van der Waals surface area contributed by atoms with Crippen molar-refractivity contribution in [3.63, 3.8) is 0 Å². The summed E-state index contributed by atoms with van der Waals surface area (Å²) >= 11 is 6.45. The monoisotopic (exact) mass is 408 g/mol. The maximum atomic E-state index is 6.45. The first-order valence-electron chi connectivity index (χ1n) is 9.56. The molecule has 0 saturated carbocycles. The van der Waals surface area contributed by atoms with Crippen LogP contribution in [0.3, 0.4) is 0 Å². The first-order valence-corrected chi connectivity index (χ1v) is 9.94. The van der Waals surface area contributed by atoms with Gasteiger partial charge in [-0.05, 0) is 19.1 Å². The van der Waals surface area contributed by atoms with Crippen LogP contribution in [0.25, 0.3) is 22.4 Å². The summed E-state index contributed by atoms with van der Waals surface area (Å²) < 4.78 is 17.9. The Balaban J connectivity index is 1.46. The summed E-state index contributed by atoms with van der Waals surface area (Å²) in [5, 5.41) is 8.25. The Morgan fingerprint density at radius 3 is 3.07 bits per heavy atom. The summed E-state index contributed by atoms with van der Waals surface area (Å²) in [5.41, 5.74) is 5.98. The SMILES string of the molecule is Cc1cc2ncnc(-c3cc(Cl)cc4c3OC(c3onc5c3CNCC5)C4)c2o1. The van der Waals surface area contributed by atoms with Crippen LogP contribution in [0.2, 0.25) is 5.02 Å². The molecule has 6 rings (SSSR count). The Morgan fingerprint density at radius 1 is 1.21 bits per heavy atom. The molecule has 1 unspecified atom stereocenters. The molecule has 146 valence electrons. The molecule has 0 amide bonds. The van der Waals surface area contributed by atoms with Crippen LogP contribution in [0.5, 0.6) is 5.75 Å². The quantitative estimate of drug-likeness (QED) is 0.532. The molecule has 0 fully saturated rings. The molecular weight excluding hydrogens is 392 g/mol. The fourth-order valence-electron chi connectivity index (χ4n) is 4.23. The predicted octanol–water partition coefficient (Wildman–Crippen LogP) is 4.16. The number of hydrogen-bond donors (Lipinski definition) is 1. The Morgan fingerprint density at radius 2 is 2.14 bits per heavy atom. The van der Waals surface area contributed by atoms with Crippen molar-refractivity contribution in [2.75, 3.05) is 6.54 Å². The average molecular weight is 409 g/mol. The van der Waals surface area contributed by atoms with Crippen LogP contribution >= 0.6 is 11.6 Å². The molecule has 4 aromatic rings. The lowest BCUT2D eigenvalue weighted by molar-refractivity contribution is 0.189. The molecule has 5 heterocycles. The molecule has 3 aromatic heterocycles. The van der Waals surface area contributed by atoms with E-state index in [9.17, 15) is 0 Å². The summed E-state index contributed by atoms with van der Waals surface area (Å²) in [4.78, 5) is 8.78. The van der Waals surface area contributed by atoms with Crippen molar-refractivity contribution in [2.24, 2.45) is 0 Å². The van der Waals surface area contributed by atoms with E-state index < -0.39 is 0 Å². The van der Waals surface area contributed by atoms with E-state index in [2.05, 4.69) is 20.4 Å². The van der Waals surface area contributed by atoms with Gasteiger partial charge in [0.1, 0.15) is 29.0 Å². The number of ether oxygens (including phenoxy) is 1. The van der Waals surface area contributed by atoms with Crippen molar-refractivity contribution in [2.45, 2.75) is 32.4 Å². The molecule has 0 spiro atoms. The van der Waals surface area contributed by atoms with Gasteiger partial charge >= 0.3 is 0 Å². The second-order valence-corrected chi connectivity index (χ2v) is 7.88. The number of nitrogens with one attached hydrogen (secondary N) is 1. The third kappa shape index (κ3) is 2.65. The van der Waals surface area contributed by atoms with Crippen molar-refractivity contribution in [3.8, 4) is 17.0 Å². The second kappa shape index (κ2) is 6.30. The van der Waals surface area contributed by atoms with Gasteiger partial charge in [0.25, 0.3) is 0 Å². The van der Waals surface area contributed by atoms with E-state index in [0.717, 1.165) is 64.7 Å². The summed E-state index contributed by atoms with van der Waals surface area (Å²) in [6.45, 7) is 3.55. The number of nitrogens with zero attached hydrogens (tertiary/aromatic N) is 3. The van der Waals surface area contributed by atoms with E-state index in [1.165, 1.54) is 6.33 Å². The van der Waals surface area contributed by atoms with Gasteiger partial charge in [-0.2, -0.15) is 0 Å². The molecule has 8 heteroatoms. The first-order chi connectivity index (χ1) is 14.2. The van der Waals surface area contributed by atoms with E-state index in [4.69, 9.17) is 25.3 Å². The van der Waals surface area contributed by atoms with Gasteiger partial charge in [0.05, 0.1) is 5.69 Å². The van der Waals surface area contributed by atoms with Gasteiger partial charge in [-0.25, -0.2) is 9.97 Å². The Bertz CT molecular complexity index is 1260. The molecule has 0 bridgehead atoms. The summed E-state index contributed by atoms with van der Waals surface area (Å²) in [6.07, 6.45) is 2.82. The number of rotatable bonds is 2. The second-order valence-electron chi connectivity index (χ2n) is 7.44. The first kappa shape index (κ1) is 17.0. The van der Waals surface area contributed by atoms with E-state index in [1.54, 1.807) is 0 Å². The van der Waals surface area contributed by atoms with Gasteiger partial charge in [-0.15, -0.1) is 0 Å². The Labute approximate surface area is 171 Å². The van der Waals surface area contributed by atoms with Crippen molar-refractivity contribution < 1.29 is 13.7 Å². The third-order valence-electron chi connectivity index (χ3n) is 5.52. The fourth-order valence-corrected chi connectivity index (χ4v) is 4.47. The molecule has 0 saturated heterocycles. The standard InChI is InChI=1S/C21H17ClN4O3/c1-10-4-16-21(27-10)18(25-9-24-16)13-7-12(22)5-11-6-17(28-19(11)13)20-14-8-23-3-2-15(14)26-29-20/h4-5,7,9,17,23H,2-3,6,8H2,1H3. The molecule has 0 aliphatic carbocycles. The maximum absolute atomic E-state index is 6.45. The minimum atomic E-state index is -0.242. The number of furan rings is 1. The minimum Gasteiger partial charge on any atom is -0.481 e. The van der Waals surface area contributed by atoms with Crippen molar-refractivity contribution >= 4 is 22.7 Å². The predicted molar refractivity (Wildman–Crippen MR) is 106 cm³/mol. The van der Waals surface area contributed by atoms with Gasteiger partial charge < -0.3 is 19.0 Å². The number of aryl methyl sites for hydroxylation is 1. The summed E-state index contributed by atoms with van der Waals surface area (Å²) in [6, 6.07) is 5.69. The van der Waals surface area contributed by atoms with Crippen LogP contribution in [0.15, 0.2) is 33.5 Å². The van der Waals surface area contributed by atoms with Gasteiger partial charge in [-0.1, -0.05) is 16.8 Å². The zero-order valence-electron chi connectivity index (χ0n) is 15.7. The van der Waals surface area contributed by atoms with Crippen LogP contribution in [0.4, 0.5) is 0 Å². The van der Waals surface area contributed by atoms with Crippen molar-refractivity contribution in [3.05, 3.63) is 57.9 Å². The lowest BCUT2D eigenvalue weighted by Crippen LogP contribution is -2.24. The highest BCUT2D eigenvalue weighted by atomic mass is 35.5. The molecule has 1 N–H and O–H groups in total. The normalized spacial score (nSPS) is 17.9. The van der Waals surface area contributed by atoms with Crippen LogP contribution in [0, 0.1) is 6.92 Å². The fraction of sp³-hybridized carbons (Fsp3) is 0.286. The molecule has 29 heavy (non-hydrogen) atoms. The molecule has 7 nitrogen and oxygen atoms in total.